The summed E-state index contributed by atoms with van der Waals surface area (Å²) in [5, 5.41) is 8.33. The van der Waals surface area contributed by atoms with E-state index in [4.69, 9.17) is 5.11 Å². The molecule has 2 nitrogen and oxygen atoms in total. The quantitative estimate of drug-likeness (QED) is 0.573. The fourth-order valence-corrected chi connectivity index (χ4v) is 0.241. The first-order chi connectivity index (χ1) is 2.77. The molecule has 3 heteroatoms. The molecule has 0 bridgehead atoms. The second-order valence-electron chi connectivity index (χ2n) is 1.05. The van der Waals surface area contributed by atoms with Crippen LogP contribution in [0.4, 0.5) is 0 Å². The van der Waals surface area contributed by atoms with Gasteiger partial charge in [0.2, 0.25) is 0 Å². The molecular weight excluding hydrogens is 287 g/mol. The molecule has 0 aliphatic rings. The van der Waals surface area contributed by atoms with E-state index in [1.54, 1.807) is 6.92 Å². The van der Waals surface area contributed by atoms with Gasteiger partial charge in [0.1, 0.15) is 0 Å². The van der Waals surface area contributed by atoms with Crippen molar-refractivity contribution in [1.29, 1.82) is 0 Å². The van der Waals surface area contributed by atoms with Crippen molar-refractivity contribution in [1.82, 2.24) is 0 Å². The molecule has 0 aliphatic carbocycles. The fraction of sp³-hybridized carbons (Fsp3) is 1.00. The Morgan fingerprint density at radius 2 is 2.14 bits per heavy atom. The maximum Gasteiger partial charge on any atom is 0.151 e. The summed E-state index contributed by atoms with van der Waals surface area (Å²) in [6, 6.07) is 0. The maximum atomic E-state index is 8.33. The minimum atomic E-state index is -0.602. The number of aliphatic hydroxyl groups is 1. The standard InChI is InChI=1S/C4H10O2.Pb/c1-3-6-4(2)5;/h4-5H,3H2,1-2H3;. The number of aliphatic hydroxyl groups excluding tert-OH is 1. The third kappa shape index (κ3) is 10.9. The minimum Gasteiger partial charge on any atom is -0.368 e. The molecule has 0 aromatic carbocycles. The van der Waals surface area contributed by atoms with Gasteiger partial charge in [0, 0.05) is 33.9 Å². The molecule has 0 saturated carbocycles. The first-order valence-corrected chi connectivity index (χ1v) is 2.07. The van der Waals surface area contributed by atoms with Gasteiger partial charge in [-0.2, -0.15) is 0 Å². The smallest absolute Gasteiger partial charge is 0.151 e. The first-order valence-electron chi connectivity index (χ1n) is 2.07. The van der Waals surface area contributed by atoms with Gasteiger partial charge >= 0.3 is 0 Å². The average molecular weight is 297 g/mol. The summed E-state index contributed by atoms with van der Waals surface area (Å²) in [6.45, 7) is 4.01. The zero-order chi connectivity index (χ0) is 4.99. The van der Waals surface area contributed by atoms with Crippen molar-refractivity contribution in [3.63, 3.8) is 0 Å². The Hall–Kier alpha value is 0.842. The van der Waals surface area contributed by atoms with Gasteiger partial charge in [-0.05, 0) is 13.8 Å². The zero-order valence-corrected chi connectivity index (χ0v) is 8.53. The molecule has 1 atom stereocenters. The van der Waals surface area contributed by atoms with Gasteiger partial charge in [0.05, 0.1) is 0 Å². The monoisotopic (exact) mass is 298 g/mol. The van der Waals surface area contributed by atoms with E-state index in [9.17, 15) is 0 Å². The second kappa shape index (κ2) is 6.84. The second-order valence-corrected chi connectivity index (χ2v) is 1.05. The Bertz CT molecular complexity index is 30.9. The van der Waals surface area contributed by atoms with Crippen molar-refractivity contribution in [3.05, 3.63) is 0 Å². The molecule has 0 amide bonds. The molecule has 0 saturated heterocycles. The van der Waals surface area contributed by atoms with Crippen LogP contribution < -0.4 is 0 Å². The fourth-order valence-electron chi connectivity index (χ4n) is 0.241. The van der Waals surface area contributed by atoms with Crippen LogP contribution in [-0.2, 0) is 4.74 Å². The number of hydrogen-bond donors (Lipinski definition) is 1. The molecule has 0 spiro atoms. The third-order valence-electron chi connectivity index (χ3n) is 0.408. The van der Waals surface area contributed by atoms with Crippen molar-refractivity contribution in [2.45, 2.75) is 20.1 Å². The zero-order valence-electron chi connectivity index (χ0n) is 4.64. The van der Waals surface area contributed by atoms with Crippen LogP contribution in [0.1, 0.15) is 13.8 Å². The summed E-state index contributed by atoms with van der Waals surface area (Å²) in [4.78, 5) is 0. The molecule has 0 aromatic heterocycles. The Kier molecular flexibility index (Phi) is 10.5. The average Bonchev–Trinajstić information content (AvgIpc) is 1.35. The number of rotatable bonds is 2. The van der Waals surface area contributed by atoms with Crippen molar-refractivity contribution in [2.24, 2.45) is 0 Å². The molecule has 1 unspecified atom stereocenters. The summed E-state index contributed by atoms with van der Waals surface area (Å²) >= 11 is 0. The molecule has 0 rings (SSSR count). The van der Waals surface area contributed by atoms with Crippen molar-refractivity contribution < 1.29 is 9.84 Å². The summed E-state index contributed by atoms with van der Waals surface area (Å²) in [6.07, 6.45) is -0.602. The van der Waals surface area contributed by atoms with E-state index in [1.807, 2.05) is 6.92 Å². The Morgan fingerprint density at radius 1 is 1.71 bits per heavy atom. The predicted octanol–water partition coefficient (Wildman–Crippen LogP) is -0.0196. The molecular formula is C4H10O2Pb. The number of hydrogen-bond acceptors (Lipinski definition) is 2. The largest absolute Gasteiger partial charge is 0.368 e. The Morgan fingerprint density at radius 3 is 2.14 bits per heavy atom. The van der Waals surface area contributed by atoms with Gasteiger partial charge in [-0.3, -0.25) is 0 Å². The van der Waals surface area contributed by atoms with Crippen LogP contribution >= 0.6 is 0 Å². The van der Waals surface area contributed by atoms with Crippen LogP contribution in [0, 0.1) is 0 Å². The molecule has 42 valence electrons. The van der Waals surface area contributed by atoms with Crippen LogP contribution in [-0.4, -0.2) is 45.3 Å². The van der Waals surface area contributed by atoms with Gasteiger partial charge in [0.25, 0.3) is 0 Å². The van der Waals surface area contributed by atoms with E-state index in [2.05, 4.69) is 4.74 Å². The first kappa shape index (κ1) is 10.8. The van der Waals surface area contributed by atoms with Crippen molar-refractivity contribution in [2.75, 3.05) is 6.61 Å². The number of ether oxygens (including phenoxy) is 1. The van der Waals surface area contributed by atoms with E-state index in [0.717, 1.165) is 0 Å². The minimum absolute atomic E-state index is 0. The molecule has 0 aromatic rings. The summed E-state index contributed by atoms with van der Waals surface area (Å²) in [7, 11) is 0. The third-order valence-corrected chi connectivity index (χ3v) is 0.408. The van der Waals surface area contributed by atoms with E-state index >= 15 is 0 Å². The van der Waals surface area contributed by atoms with Gasteiger partial charge in [-0.25, -0.2) is 0 Å². The Labute approximate surface area is 64.0 Å². The van der Waals surface area contributed by atoms with E-state index in [0.29, 0.717) is 6.61 Å². The molecule has 4 radical (unpaired) electrons. The maximum absolute atomic E-state index is 8.33. The topological polar surface area (TPSA) is 29.5 Å². The summed E-state index contributed by atoms with van der Waals surface area (Å²) in [5.41, 5.74) is 0. The molecule has 1 N–H and O–H groups in total. The van der Waals surface area contributed by atoms with E-state index in [-0.39, 0.29) is 27.3 Å². The molecule has 7 heavy (non-hydrogen) atoms. The Balaban J connectivity index is 0. The van der Waals surface area contributed by atoms with Crippen molar-refractivity contribution in [3.8, 4) is 0 Å². The molecule has 0 aliphatic heterocycles. The normalized spacial score (nSPS) is 12.4. The van der Waals surface area contributed by atoms with Crippen molar-refractivity contribution >= 4 is 27.3 Å². The van der Waals surface area contributed by atoms with Gasteiger partial charge in [-0.1, -0.05) is 0 Å². The molecule has 0 fully saturated rings. The van der Waals surface area contributed by atoms with Gasteiger partial charge in [-0.15, -0.1) is 0 Å². The van der Waals surface area contributed by atoms with E-state index < -0.39 is 6.29 Å². The molecule has 0 heterocycles. The van der Waals surface area contributed by atoms with Gasteiger partial charge in [0.15, 0.2) is 6.29 Å². The predicted molar refractivity (Wildman–Crippen MR) is 29.1 cm³/mol. The van der Waals surface area contributed by atoms with Crippen LogP contribution in [0.5, 0.6) is 0 Å². The van der Waals surface area contributed by atoms with Crippen LogP contribution in [0.3, 0.4) is 0 Å². The summed E-state index contributed by atoms with van der Waals surface area (Å²) in [5.74, 6) is 0. The van der Waals surface area contributed by atoms with Crippen LogP contribution in [0.15, 0.2) is 0 Å². The van der Waals surface area contributed by atoms with Crippen LogP contribution in [0.25, 0.3) is 0 Å². The summed E-state index contributed by atoms with van der Waals surface area (Å²) < 4.78 is 4.60. The SMILES string of the molecule is CCOC(C)O.[Pb]. The van der Waals surface area contributed by atoms with Crippen LogP contribution in [0.2, 0.25) is 0 Å². The van der Waals surface area contributed by atoms with Gasteiger partial charge < -0.3 is 9.84 Å². The van der Waals surface area contributed by atoms with E-state index in [1.165, 1.54) is 0 Å².